The predicted octanol–water partition coefficient (Wildman–Crippen LogP) is 3.91. The number of carbonyl (C=O) groups is 1. The smallest absolute Gasteiger partial charge is 0.269 e. The molecule has 0 bridgehead atoms. The Kier molecular flexibility index (Phi) is 5.95. The highest BCUT2D eigenvalue weighted by Gasteiger charge is 2.20. The van der Waals surface area contributed by atoms with Crippen LogP contribution in [0.3, 0.4) is 0 Å². The Morgan fingerprint density at radius 1 is 1.31 bits per heavy atom. The molecule has 0 aliphatic rings. The van der Waals surface area contributed by atoms with E-state index in [4.69, 9.17) is 0 Å². The summed E-state index contributed by atoms with van der Waals surface area (Å²) in [5.74, 6) is -0.267. The number of hydrogen-bond donors (Lipinski definition) is 1. The molecule has 0 spiro atoms. The lowest BCUT2D eigenvalue weighted by atomic mass is 10.1. The second-order valence-electron chi connectivity index (χ2n) is 5.88. The number of nitriles is 1. The molecule has 0 radical (unpaired) electrons. The number of benzene rings is 1. The number of anilines is 1. The van der Waals surface area contributed by atoms with E-state index >= 15 is 0 Å². The molecule has 0 saturated heterocycles. The number of thioether (sulfide) groups is 1. The highest BCUT2D eigenvalue weighted by atomic mass is 32.2. The molecule has 1 heterocycles. The Morgan fingerprint density at radius 2 is 2.00 bits per heavy atom. The van der Waals surface area contributed by atoms with Crippen molar-refractivity contribution in [3.05, 3.63) is 56.8 Å². The average molecular weight is 370 g/mol. The molecule has 0 unspecified atom stereocenters. The minimum Gasteiger partial charge on any atom is -0.325 e. The van der Waals surface area contributed by atoms with Crippen molar-refractivity contribution in [1.29, 1.82) is 5.26 Å². The molecule has 1 N–H and O–H groups in total. The summed E-state index contributed by atoms with van der Waals surface area (Å²) in [5.41, 5.74) is 3.16. The first kappa shape index (κ1) is 19.4. The molecule has 0 saturated carbocycles. The zero-order chi connectivity index (χ0) is 19.4. The number of hydrogen-bond acceptors (Lipinski definition) is 6. The van der Waals surface area contributed by atoms with Gasteiger partial charge in [-0.15, -0.1) is 0 Å². The topological polar surface area (TPSA) is 109 Å². The molecular formula is C18H18N4O3S. The van der Waals surface area contributed by atoms with Crippen LogP contribution in [-0.2, 0) is 4.79 Å². The zero-order valence-electron chi connectivity index (χ0n) is 14.9. The number of aryl methyl sites for hydroxylation is 3. The number of nitro groups is 1. The van der Waals surface area contributed by atoms with Crippen molar-refractivity contribution in [2.75, 3.05) is 5.32 Å². The fourth-order valence-corrected chi connectivity index (χ4v) is 3.40. The molecule has 1 aromatic carbocycles. The van der Waals surface area contributed by atoms with Gasteiger partial charge in [0, 0.05) is 23.5 Å². The minimum absolute atomic E-state index is 0.0268. The standard InChI is InChI=1S/C18H18N4O3S/c1-10-7-12(3)20-18(15(10)9-19)26-13(4)17(23)21-16-6-5-14(22(24)25)8-11(16)2/h5-8,13H,1-4H3,(H,21,23)/t13-/m0/s1. The molecule has 0 fully saturated rings. The van der Waals surface area contributed by atoms with E-state index in [1.807, 2.05) is 19.9 Å². The zero-order valence-corrected chi connectivity index (χ0v) is 15.7. The quantitative estimate of drug-likeness (QED) is 0.485. The van der Waals surface area contributed by atoms with E-state index < -0.39 is 10.2 Å². The van der Waals surface area contributed by atoms with E-state index in [1.165, 1.54) is 30.0 Å². The van der Waals surface area contributed by atoms with Crippen LogP contribution in [0.1, 0.15) is 29.3 Å². The van der Waals surface area contributed by atoms with E-state index in [2.05, 4.69) is 16.4 Å². The number of nitro benzene ring substituents is 1. The van der Waals surface area contributed by atoms with Crippen LogP contribution in [-0.4, -0.2) is 21.1 Å². The fraction of sp³-hybridized carbons (Fsp3) is 0.278. The van der Waals surface area contributed by atoms with E-state index in [0.717, 1.165) is 11.3 Å². The summed E-state index contributed by atoms with van der Waals surface area (Å²) >= 11 is 1.21. The van der Waals surface area contributed by atoms with Crippen molar-refractivity contribution >= 4 is 29.0 Å². The Morgan fingerprint density at radius 3 is 2.58 bits per heavy atom. The molecule has 8 heteroatoms. The second kappa shape index (κ2) is 7.97. The van der Waals surface area contributed by atoms with Gasteiger partial charge in [0.1, 0.15) is 11.1 Å². The van der Waals surface area contributed by atoms with Crippen LogP contribution in [0.15, 0.2) is 29.3 Å². The van der Waals surface area contributed by atoms with Crippen LogP contribution < -0.4 is 5.32 Å². The maximum Gasteiger partial charge on any atom is 0.269 e. The Hall–Kier alpha value is -2.92. The number of amides is 1. The highest BCUT2D eigenvalue weighted by Crippen LogP contribution is 2.28. The fourth-order valence-electron chi connectivity index (χ4n) is 2.38. The van der Waals surface area contributed by atoms with Gasteiger partial charge in [-0.2, -0.15) is 5.26 Å². The van der Waals surface area contributed by atoms with E-state index in [-0.39, 0.29) is 11.6 Å². The summed E-state index contributed by atoms with van der Waals surface area (Å²) in [6.45, 7) is 7.09. The molecule has 7 nitrogen and oxygen atoms in total. The molecule has 0 aliphatic carbocycles. The first-order valence-electron chi connectivity index (χ1n) is 7.83. The molecule has 26 heavy (non-hydrogen) atoms. The van der Waals surface area contributed by atoms with E-state index in [1.54, 1.807) is 13.8 Å². The lowest BCUT2D eigenvalue weighted by Crippen LogP contribution is -2.23. The summed E-state index contributed by atoms with van der Waals surface area (Å²) in [4.78, 5) is 27.2. The van der Waals surface area contributed by atoms with Crippen LogP contribution in [0, 0.1) is 42.2 Å². The van der Waals surface area contributed by atoms with Crippen LogP contribution >= 0.6 is 11.8 Å². The Balaban J connectivity index is 2.17. The van der Waals surface area contributed by atoms with Crippen molar-refractivity contribution in [2.24, 2.45) is 0 Å². The number of pyridine rings is 1. The van der Waals surface area contributed by atoms with Gasteiger partial charge in [-0.1, -0.05) is 11.8 Å². The van der Waals surface area contributed by atoms with Crippen LogP contribution in [0.25, 0.3) is 0 Å². The second-order valence-corrected chi connectivity index (χ2v) is 7.21. The summed E-state index contributed by atoms with van der Waals surface area (Å²) in [5, 5.41) is 22.9. The van der Waals surface area contributed by atoms with Gasteiger partial charge < -0.3 is 5.32 Å². The SMILES string of the molecule is Cc1cc(C)c(C#N)c(S[C@@H](C)C(=O)Nc2ccc([N+](=O)[O-])cc2C)n1. The van der Waals surface area contributed by atoms with Gasteiger partial charge in [0.2, 0.25) is 5.91 Å². The Labute approximate surface area is 155 Å². The van der Waals surface area contributed by atoms with Crippen molar-refractivity contribution in [3.63, 3.8) is 0 Å². The molecule has 2 rings (SSSR count). The molecule has 1 aromatic heterocycles. The number of nitrogens with zero attached hydrogens (tertiary/aromatic N) is 3. The molecule has 1 atom stereocenters. The highest BCUT2D eigenvalue weighted by molar-refractivity contribution is 8.00. The summed E-state index contributed by atoms with van der Waals surface area (Å²) < 4.78 is 0. The summed E-state index contributed by atoms with van der Waals surface area (Å²) in [6.07, 6.45) is 0. The van der Waals surface area contributed by atoms with E-state index in [9.17, 15) is 20.2 Å². The van der Waals surface area contributed by atoms with Gasteiger partial charge in [0.05, 0.1) is 15.7 Å². The maximum absolute atomic E-state index is 12.5. The van der Waals surface area contributed by atoms with Crippen LogP contribution in [0.4, 0.5) is 11.4 Å². The minimum atomic E-state index is -0.495. The van der Waals surface area contributed by atoms with Crippen molar-refractivity contribution < 1.29 is 9.72 Å². The first-order valence-corrected chi connectivity index (χ1v) is 8.71. The molecular weight excluding hydrogens is 352 g/mol. The summed E-state index contributed by atoms with van der Waals surface area (Å²) in [6, 6.07) is 8.23. The van der Waals surface area contributed by atoms with E-state index in [0.29, 0.717) is 21.8 Å². The number of non-ortho nitro benzene ring substituents is 1. The van der Waals surface area contributed by atoms with Gasteiger partial charge in [-0.3, -0.25) is 14.9 Å². The van der Waals surface area contributed by atoms with Crippen molar-refractivity contribution in [1.82, 2.24) is 4.98 Å². The van der Waals surface area contributed by atoms with Crippen molar-refractivity contribution in [3.8, 4) is 6.07 Å². The molecule has 134 valence electrons. The van der Waals surface area contributed by atoms with Crippen molar-refractivity contribution in [2.45, 2.75) is 38.0 Å². The predicted molar refractivity (Wildman–Crippen MR) is 100 cm³/mol. The van der Waals surface area contributed by atoms with Crippen LogP contribution in [0.2, 0.25) is 0 Å². The van der Waals surface area contributed by atoms with Gasteiger partial charge >= 0.3 is 0 Å². The number of aromatic nitrogens is 1. The molecule has 1 amide bonds. The first-order chi connectivity index (χ1) is 12.2. The third-order valence-corrected chi connectivity index (χ3v) is 4.85. The molecule has 0 aliphatic heterocycles. The number of rotatable bonds is 5. The third kappa shape index (κ3) is 4.37. The van der Waals surface area contributed by atoms with Gasteiger partial charge in [0.15, 0.2) is 0 Å². The van der Waals surface area contributed by atoms with Gasteiger partial charge in [-0.05, 0) is 51.0 Å². The average Bonchev–Trinajstić information content (AvgIpc) is 2.56. The number of nitrogens with one attached hydrogen (secondary N) is 1. The van der Waals surface area contributed by atoms with Gasteiger partial charge in [0.25, 0.3) is 5.69 Å². The number of carbonyl (C=O) groups excluding carboxylic acids is 1. The lowest BCUT2D eigenvalue weighted by molar-refractivity contribution is -0.384. The third-order valence-electron chi connectivity index (χ3n) is 3.76. The van der Waals surface area contributed by atoms with Gasteiger partial charge in [-0.25, -0.2) is 4.98 Å². The Bertz CT molecular complexity index is 921. The largest absolute Gasteiger partial charge is 0.325 e. The lowest BCUT2D eigenvalue weighted by Gasteiger charge is -2.14. The monoisotopic (exact) mass is 370 g/mol. The summed E-state index contributed by atoms with van der Waals surface area (Å²) in [7, 11) is 0. The normalized spacial score (nSPS) is 11.5. The maximum atomic E-state index is 12.5. The van der Waals surface area contributed by atoms with Crippen LogP contribution in [0.5, 0.6) is 0 Å². The molecule has 2 aromatic rings.